The summed E-state index contributed by atoms with van der Waals surface area (Å²) in [7, 11) is 1.98. The highest BCUT2D eigenvalue weighted by atomic mass is 16.2. The summed E-state index contributed by atoms with van der Waals surface area (Å²) in [4.78, 5) is 14.6. The van der Waals surface area contributed by atoms with Crippen molar-refractivity contribution in [3.63, 3.8) is 0 Å². The highest BCUT2D eigenvalue weighted by Crippen LogP contribution is 2.27. The third-order valence-electron chi connectivity index (χ3n) is 4.31. The highest BCUT2D eigenvalue weighted by molar-refractivity contribution is 5.82. The normalized spacial score (nSPS) is 24.0. The van der Waals surface area contributed by atoms with Gasteiger partial charge in [-0.25, -0.2) is 0 Å². The van der Waals surface area contributed by atoms with E-state index in [9.17, 15) is 4.79 Å². The third kappa shape index (κ3) is 3.75. The number of likely N-dealkylation sites (N-methyl/N-ethyl adjacent to an activating group) is 1. The van der Waals surface area contributed by atoms with Gasteiger partial charge in [0.2, 0.25) is 5.91 Å². The molecule has 2 N–H and O–H groups in total. The van der Waals surface area contributed by atoms with E-state index in [-0.39, 0.29) is 18.0 Å². The molecule has 2 unspecified atom stereocenters. The number of carbonyl (C=O) groups excluding carboxylic acids is 1. The zero-order valence-electron chi connectivity index (χ0n) is 13.1. The van der Waals surface area contributed by atoms with Gasteiger partial charge in [-0.3, -0.25) is 4.79 Å². The molecule has 0 aromatic rings. The van der Waals surface area contributed by atoms with Crippen molar-refractivity contribution in [1.82, 2.24) is 15.5 Å². The van der Waals surface area contributed by atoms with E-state index in [2.05, 4.69) is 36.0 Å². The van der Waals surface area contributed by atoms with Gasteiger partial charge in [0.15, 0.2) is 0 Å². The van der Waals surface area contributed by atoms with E-state index < -0.39 is 0 Å². The van der Waals surface area contributed by atoms with Gasteiger partial charge in [0.1, 0.15) is 6.04 Å². The average molecular weight is 279 g/mol. The van der Waals surface area contributed by atoms with Crippen LogP contribution in [0.15, 0.2) is 12.3 Å². The number of likely N-dealkylation sites (tertiary alicyclic amines) is 1. The number of carbonyl (C=O) groups is 1. The van der Waals surface area contributed by atoms with E-state index in [4.69, 9.17) is 0 Å². The molecule has 114 valence electrons. The summed E-state index contributed by atoms with van der Waals surface area (Å²) in [6, 6.07) is 0.699. The Hall–Kier alpha value is -1.03. The lowest BCUT2D eigenvalue weighted by Crippen LogP contribution is -2.47. The van der Waals surface area contributed by atoms with Gasteiger partial charge in [0.25, 0.3) is 0 Å². The molecule has 1 aliphatic carbocycles. The molecule has 2 aliphatic rings. The minimum absolute atomic E-state index is 0.00823. The molecule has 4 nitrogen and oxygen atoms in total. The largest absolute Gasteiger partial charge is 0.362 e. The Morgan fingerprint density at radius 3 is 2.60 bits per heavy atom. The first-order valence-electron chi connectivity index (χ1n) is 7.96. The lowest BCUT2D eigenvalue weighted by molar-refractivity contribution is -0.125. The summed E-state index contributed by atoms with van der Waals surface area (Å²) < 4.78 is 0. The van der Waals surface area contributed by atoms with Gasteiger partial charge in [-0.2, -0.15) is 0 Å². The minimum Gasteiger partial charge on any atom is -0.362 e. The van der Waals surface area contributed by atoms with Crippen molar-refractivity contribution >= 4 is 5.91 Å². The lowest BCUT2D eigenvalue weighted by Gasteiger charge is -2.33. The van der Waals surface area contributed by atoms with Crippen molar-refractivity contribution in [3.05, 3.63) is 12.3 Å². The summed E-state index contributed by atoms with van der Waals surface area (Å²) >= 11 is 0. The standard InChI is InChI=1S/C16H29N3O/c1-11(2)10-14(17-4)12(3)19-9-5-6-15(19)16(20)18-13-7-8-13/h11,13-15,17H,3,5-10H2,1-2,4H3,(H,18,20). The van der Waals surface area contributed by atoms with Crippen LogP contribution in [0, 0.1) is 5.92 Å². The van der Waals surface area contributed by atoms with Gasteiger partial charge in [-0.15, -0.1) is 0 Å². The number of hydrogen-bond acceptors (Lipinski definition) is 3. The molecular formula is C16H29N3O. The second-order valence-electron chi connectivity index (χ2n) is 6.60. The summed E-state index contributed by atoms with van der Waals surface area (Å²) in [5.41, 5.74) is 1.08. The molecule has 0 aromatic heterocycles. The van der Waals surface area contributed by atoms with Crippen LogP contribution in [0.2, 0.25) is 0 Å². The molecule has 1 heterocycles. The molecule has 1 aliphatic heterocycles. The van der Waals surface area contributed by atoms with E-state index in [0.717, 1.165) is 44.3 Å². The van der Waals surface area contributed by atoms with Gasteiger partial charge < -0.3 is 15.5 Å². The second-order valence-corrected chi connectivity index (χ2v) is 6.60. The predicted octanol–water partition coefficient (Wildman–Crippen LogP) is 1.88. The van der Waals surface area contributed by atoms with Crippen LogP contribution < -0.4 is 10.6 Å². The maximum atomic E-state index is 12.3. The molecule has 2 atom stereocenters. The summed E-state index contributed by atoms with van der Waals surface area (Å²) in [5, 5.41) is 6.49. The van der Waals surface area contributed by atoms with Gasteiger partial charge in [0.05, 0.1) is 0 Å². The van der Waals surface area contributed by atoms with E-state index in [1.54, 1.807) is 0 Å². The molecule has 2 rings (SSSR count). The molecule has 0 spiro atoms. The Morgan fingerprint density at radius 1 is 1.35 bits per heavy atom. The van der Waals surface area contributed by atoms with Gasteiger partial charge in [-0.1, -0.05) is 20.4 Å². The first-order valence-corrected chi connectivity index (χ1v) is 7.96. The van der Waals surface area contributed by atoms with E-state index in [1.165, 1.54) is 0 Å². The molecule has 1 amide bonds. The fourth-order valence-corrected chi connectivity index (χ4v) is 3.00. The van der Waals surface area contributed by atoms with E-state index in [1.807, 2.05) is 7.05 Å². The highest BCUT2D eigenvalue weighted by Gasteiger charge is 2.35. The quantitative estimate of drug-likeness (QED) is 0.748. The predicted molar refractivity (Wildman–Crippen MR) is 82.3 cm³/mol. The molecule has 2 fully saturated rings. The van der Waals surface area contributed by atoms with Crippen molar-refractivity contribution in [2.45, 2.75) is 64.1 Å². The van der Waals surface area contributed by atoms with Crippen molar-refractivity contribution in [2.24, 2.45) is 5.92 Å². The third-order valence-corrected chi connectivity index (χ3v) is 4.31. The first-order chi connectivity index (χ1) is 9.52. The van der Waals surface area contributed by atoms with Gasteiger partial charge >= 0.3 is 0 Å². The van der Waals surface area contributed by atoms with Crippen LogP contribution in [-0.2, 0) is 4.79 Å². The van der Waals surface area contributed by atoms with Crippen LogP contribution in [0.1, 0.15) is 46.0 Å². The van der Waals surface area contributed by atoms with Crippen LogP contribution >= 0.6 is 0 Å². The SMILES string of the molecule is C=C(C(CC(C)C)NC)N1CCCC1C(=O)NC1CC1. The second kappa shape index (κ2) is 6.61. The Balaban J connectivity index is 1.97. The van der Waals surface area contributed by atoms with Crippen molar-refractivity contribution in [3.8, 4) is 0 Å². The average Bonchev–Trinajstić information content (AvgIpc) is 3.07. The maximum absolute atomic E-state index is 12.3. The van der Waals surface area contributed by atoms with Crippen LogP contribution in [0.3, 0.4) is 0 Å². The van der Waals surface area contributed by atoms with E-state index in [0.29, 0.717) is 12.0 Å². The number of hydrogen-bond donors (Lipinski definition) is 2. The number of rotatable bonds is 7. The Bertz CT molecular complexity index is 363. The number of nitrogens with zero attached hydrogens (tertiary/aromatic N) is 1. The van der Waals surface area contributed by atoms with Crippen LogP contribution in [0.4, 0.5) is 0 Å². The molecule has 4 heteroatoms. The molecule has 20 heavy (non-hydrogen) atoms. The fraction of sp³-hybridized carbons (Fsp3) is 0.812. The van der Waals surface area contributed by atoms with Crippen LogP contribution in [-0.4, -0.2) is 42.5 Å². The molecule has 1 saturated carbocycles. The minimum atomic E-state index is -0.00823. The Morgan fingerprint density at radius 2 is 2.05 bits per heavy atom. The smallest absolute Gasteiger partial charge is 0.242 e. The van der Waals surface area contributed by atoms with Crippen molar-refractivity contribution < 1.29 is 4.79 Å². The summed E-state index contributed by atoms with van der Waals surface area (Å²) in [6.45, 7) is 9.67. The molecular weight excluding hydrogens is 250 g/mol. The maximum Gasteiger partial charge on any atom is 0.242 e. The lowest BCUT2D eigenvalue weighted by atomic mass is 10.0. The van der Waals surface area contributed by atoms with E-state index >= 15 is 0 Å². The molecule has 1 saturated heterocycles. The first kappa shape index (κ1) is 15.4. The Labute approximate surface area is 123 Å². The molecule has 0 bridgehead atoms. The zero-order chi connectivity index (χ0) is 14.7. The van der Waals surface area contributed by atoms with Gasteiger partial charge in [-0.05, 0) is 45.1 Å². The topological polar surface area (TPSA) is 44.4 Å². The van der Waals surface area contributed by atoms with Gasteiger partial charge in [0, 0.05) is 24.3 Å². The Kier molecular flexibility index (Phi) is 5.08. The summed E-state index contributed by atoms with van der Waals surface area (Å²) in [5.74, 6) is 0.816. The monoisotopic (exact) mass is 279 g/mol. The van der Waals surface area contributed by atoms with Crippen molar-refractivity contribution in [2.75, 3.05) is 13.6 Å². The van der Waals surface area contributed by atoms with Crippen molar-refractivity contribution in [1.29, 1.82) is 0 Å². The van der Waals surface area contributed by atoms with Crippen LogP contribution in [0.25, 0.3) is 0 Å². The van der Waals surface area contributed by atoms with Crippen LogP contribution in [0.5, 0.6) is 0 Å². The number of amides is 1. The summed E-state index contributed by atoms with van der Waals surface area (Å²) in [6.07, 6.45) is 5.39. The molecule has 0 aromatic carbocycles. The zero-order valence-corrected chi connectivity index (χ0v) is 13.1. The fourth-order valence-electron chi connectivity index (χ4n) is 3.00. The number of nitrogens with one attached hydrogen (secondary N) is 2. The molecule has 0 radical (unpaired) electrons.